The Labute approximate surface area is 103 Å². The largest absolute Gasteiger partial charge is 0.376 e. The Morgan fingerprint density at radius 2 is 2.18 bits per heavy atom. The van der Waals surface area contributed by atoms with Gasteiger partial charge in [0.15, 0.2) is 0 Å². The molecule has 0 radical (unpaired) electrons. The fraction of sp³-hybridized carbons (Fsp3) is 0.750. The lowest BCUT2D eigenvalue weighted by Gasteiger charge is -2.31. The maximum Gasteiger partial charge on any atom is 0.314 e. The summed E-state index contributed by atoms with van der Waals surface area (Å²) in [6.07, 6.45) is 1.92. The number of nitrogens with one attached hydrogen (secondary N) is 1. The number of carbonyl (C=O) groups excluding carboxylic acids is 1. The van der Waals surface area contributed by atoms with Crippen LogP contribution in [0.4, 0.5) is 4.79 Å². The number of hydrogen-bond acceptors (Lipinski definition) is 3. The Hall–Kier alpha value is -1.07. The topological polar surface area (TPSA) is 67.6 Å². The van der Waals surface area contributed by atoms with Gasteiger partial charge in [0.2, 0.25) is 0 Å². The number of hydrogen-bond donors (Lipinski definition) is 2. The molecule has 0 aliphatic carbocycles. The number of primary amides is 1. The van der Waals surface area contributed by atoms with E-state index >= 15 is 0 Å². The predicted octanol–water partition coefficient (Wildman–Crippen LogP) is 0.712. The lowest BCUT2D eigenvalue weighted by atomic mass is 10.1. The zero-order chi connectivity index (χ0) is 12.7. The SMILES string of the molecule is C=C(C)COCCNC1CCN(C(N)=O)CC1. The van der Waals surface area contributed by atoms with Crippen LogP contribution in [0, 0.1) is 0 Å². The van der Waals surface area contributed by atoms with Crippen LogP contribution in [-0.4, -0.2) is 49.8 Å². The third kappa shape index (κ3) is 5.70. The quantitative estimate of drug-likeness (QED) is 0.531. The van der Waals surface area contributed by atoms with Gasteiger partial charge in [0.05, 0.1) is 13.2 Å². The number of rotatable bonds is 6. The summed E-state index contributed by atoms with van der Waals surface area (Å²) in [5.74, 6) is 0. The summed E-state index contributed by atoms with van der Waals surface area (Å²) in [6.45, 7) is 9.39. The fourth-order valence-corrected chi connectivity index (χ4v) is 1.89. The van der Waals surface area contributed by atoms with Crippen LogP contribution in [0.5, 0.6) is 0 Å². The van der Waals surface area contributed by atoms with Crippen LogP contribution in [0.1, 0.15) is 19.8 Å². The molecule has 1 saturated heterocycles. The first-order chi connectivity index (χ1) is 8.09. The molecular formula is C12H23N3O2. The van der Waals surface area contributed by atoms with Crippen LogP contribution in [0.3, 0.4) is 0 Å². The van der Waals surface area contributed by atoms with E-state index < -0.39 is 0 Å². The second-order valence-corrected chi connectivity index (χ2v) is 4.56. The van der Waals surface area contributed by atoms with Gasteiger partial charge >= 0.3 is 6.03 Å². The first-order valence-corrected chi connectivity index (χ1v) is 6.09. The van der Waals surface area contributed by atoms with Crippen molar-refractivity contribution in [3.8, 4) is 0 Å². The van der Waals surface area contributed by atoms with Gasteiger partial charge in [-0.25, -0.2) is 4.79 Å². The first-order valence-electron chi connectivity index (χ1n) is 6.09. The highest BCUT2D eigenvalue weighted by Crippen LogP contribution is 2.09. The van der Waals surface area contributed by atoms with E-state index in [1.807, 2.05) is 6.92 Å². The molecule has 1 aliphatic heterocycles. The molecule has 0 spiro atoms. The third-order valence-electron chi connectivity index (χ3n) is 2.83. The highest BCUT2D eigenvalue weighted by Gasteiger charge is 2.20. The maximum atomic E-state index is 10.9. The minimum Gasteiger partial charge on any atom is -0.376 e. The Bertz CT molecular complexity index is 260. The minimum atomic E-state index is -0.312. The molecule has 1 heterocycles. The number of ether oxygens (including phenoxy) is 1. The number of likely N-dealkylation sites (tertiary alicyclic amines) is 1. The molecule has 0 aromatic rings. The predicted molar refractivity (Wildman–Crippen MR) is 67.8 cm³/mol. The van der Waals surface area contributed by atoms with E-state index in [0.717, 1.165) is 38.0 Å². The lowest BCUT2D eigenvalue weighted by molar-refractivity contribution is 0.148. The van der Waals surface area contributed by atoms with Gasteiger partial charge in [-0.15, -0.1) is 0 Å². The molecule has 0 bridgehead atoms. The average Bonchev–Trinajstić information content (AvgIpc) is 2.29. The number of piperidine rings is 1. The van der Waals surface area contributed by atoms with Crippen LogP contribution in [-0.2, 0) is 4.74 Å². The zero-order valence-corrected chi connectivity index (χ0v) is 10.6. The van der Waals surface area contributed by atoms with Crippen LogP contribution in [0.15, 0.2) is 12.2 Å². The second-order valence-electron chi connectivity index (χ2n) is 4.56. The first kappa shape index (κ1) is 14.0. The summed E-state index contributed by atoms with van der Waals surface area (Å²) in [6, 6.07) is 0.160. The van der Waals surface area contributed by atoms with Crippen molar-refractivity contribution in [3.05, 3.63) is 12.2 Å². The van der Waals surface area contributed by atoms with Gasteiger partial charge in [-0.1, -0.05) is 12.2 Å². The third-order valence-corrected chi connectivity index (χ3v) is 2.83. The van der Waals surface area contributed by atoms with Crippen LogP contribution >= 0.6 is 0 Å². The van der Waals surface area contributed by atoms with Gasteiger partial charge in [0.1, 0.15) is 0 Å². The van der Waals surface area contributed by atoms with Crippen molar-refractivity contribution in [2.45, 2.75) is 25.8 Å². The Morgan fingerprint density at radius 3 is 2.71 bits per heavy atom. The molecule has 17 heavy (non-hydrogen) atoms. The van der Waals surface area contributed by atoms with E-state index in [0.29, 0.717) is 19.3 Å². The van der Waals surface area contributed by atoms with Crippen LogP contribution in [0.2, 0.25) is 0 Å². The molecule has 0 aromatic heterocycles. The van der Waals surface area contributed by atoms with Gasteiger partial charge in [-0.2, -0.15) is 0 Å². The van der Waals surface area contributed by atoms with E-state index in [1.54, 1.807) is 4.90 Å². The van der Waals surface area contributed by atoms with Gasteiger partial charge in [0.25, 0.3) is 0 Å². The molecule has 1 fully saturated rings. The molecule has 5 nitrogen and oxygen atoms in total. The zero-order valence-electron chi connectivity index (χ0n) is 10.6. The smallest absolute Gasteiger partial charge is 0.314 e. The van der Waals surface area contributed by atoms with Crippen molar-refractivity contribution in [2.75, 3.05) is 32.8 Å². The van der Waals surface area contributed by atoms with E-state index in [1.165, 1.54) is 0 Å². The lowest BCUT2D eigenvalue weighted by Crippen LogP contribution is -2.47. The summed E-state index contributed by atoms with van der Waals surface area (Å²) < 4.78 is 5.40. The molecule has 1 aliphatic rings. The average molecular weight is 241 g/mol. The van der Waals surface area contributed by atoms with Crippen molar-refractivity contribution in [2.24, 2.45) is 5.73 Å². The summed E-state index contributed by atoms with van der Waals surface area (Å²) >= 11 is 0. The second kappa shape index (κ2) is 7.29. The molecule has 0 unspecified atom stereocenters. The summed E-state index contributed by atoms with van der Waals surface area (Å²) in [7, 11) is 0. The van der Waals surface area contributed by atoms with Gasteiger partial charge in [0, 0.05) is 25.7 Å². The van der Waals surface area contributed by atoms with Crippen molar-refractivity contribution >= 4 is 6.03 Å². The van der Waals surface area contributed by atoms with E-state index in [9.17, 15) is 4.79 Å². The van der Waals surface area contributed by atoms with E-state index in [-0.39, 0.29) is 6.03 Å². The van der Waals surface area contributed by atoms with E-state index in [2.05, 4.69) is 11.9 Å². The molecule has 0 atom stereocenters. The minimum absolute atomic E-state index is 0.312. The molecular weight excluding hydrogens is 218 g/mol. The summed E-state index contributed by atoms with van der Waals surface area (Å²) in [5, 5.41) is 3.42. The normalized spacial score (nSPS) is 17.1. The number of carbonyl (C=O) groups is 1. The van der Waals surface area contributed by atoms with E-state index in [4.69, 9.17) is 10.5 Å². The van der Waals surface area contributed by atoms with Gasteiger partial charge in [-0.05, 0) is 19.8 Å². The summed E-state index contributed by atoms with van der Waals surface area (Å²) in [5.41, 5.74) is 6.26. The highest BCUT2D eigenvalue weighted by atomic mass is 16.5. The molecule has 98 valence electrons. The van der Waals surface area contributed by atoms with Crippen molar-refractivity contribution < 1.29 is 9.53 Å². The van der Waals surface area contributed by atoms with Crippen molar-refractivity contribution in [3.63, 3.8) is 0 Å². The van der Waals surface area contributed by atoms with Crippen molar-refractivity contribution in [1.82, 2.24) is 10.2 Å². The number of nitrogens with two attached hydrogens (primary N) is 1. The summed E-state index contributed by atoms with van der Waals surface area (Å²) in [4.78, 5) is 12.6. The molecule has 1 rings (SSSR count). The van der Waals surface area contributed by atoms with Crippen LogP contribution in [0.25, 0.3) is 0 Å². The monoisotopic (exact) mass is 241 g/mol. The molecule has 0 aromatic carbocycles. The van der Waals surface area contributed by atoms with Crippen LogP contribution < -0.4 is 11.1 Å². The van der Waals surface area contributed by atoms with Crippen molar-refractivity contribution in [1.29, 1.82) is 0 Å². The number of urea groups is 1. The van der Waals surface area contributed by atoms with Gasteiger partial charge < -0.3 is 20.7 Å². The molecule has 3 N–H and O–H groups in total. The Kier molecular flexibility index (Phi) is 6.00. The van der Waals surface area contributed by atoms with Gasteiger partial charge in [-0.3, -0.25) is 0 Å². The molecule has 2 amide bonds. The fourth-order valence-electron chi connectivity index (χ4n) is 1.89. The number of amides is 2. The highest BCUT2D eigenvalue weighted by molar-refractivity contribution is 5.72. The Morgan fingerprint density at radius 1 is 1.53 bits per heavy atom. The molecule has 0 saturated carbocycles. The molecule has 5 heteroatoms. The number of nitrogens with zero attached hydrogens (tertiary/aromatic N) is 1. The Balaban J connectivity index is 2.02. The maximum absolute atomic E-state index is 10.9. The standard InChI is InChI=1S/C12H23N3O2/c1-10(2)9-17-8-5-14-11-3-6-15(7-4-11)12(13)16/h11,14H,1,3-9H2,2H3,(H2,13,16).